The van der Waals surface area contributed by atoms with E-state index in [2.05, 4.69) is 10.4 Å². The van der Waals surface area contributed by atoms with Crippen LogP contribution in [0.15, 0.2) is 47.5 Å². The van der Waals surface area contributed by atoms with E-state index in [9.17, 15) is 27.5 Å². The van der Waals surface area contributed by atoms with Crippen molar-refractivity contribution in [3.63, 3.8) is 0 Å². The van der Waals surface area contributed by atoms with Crippen molar-refractivity contribution in [2.24, 2.45) is 0 Å². The zero-order valence-electron chi connectivity index (χ0n) is 14.9. The zero-order chi connectivity index (χ0) is 21.3. The van der Waals surface area contributed by atoms with Gasteiger partial charge in [0.25, 0.3) is 5.56 Å². The number of rotatable bonds is 5. The number of aromatic nitrogens is 3. The number of aliphatic hydroxyl groups excluding tert-OH is 1. The van der Waals surface area contributed by atoms with E-state index in [4.69, 9.17) is 11.6 Å². The smallest absolute Gasteiger partial charge is 0.374 e. The summed E-state index contributed by atoms with van der Waals surface area (Å²) in [6, 6.07) is 6.45. The van der Waals surface area contributed by atoms with Crippen LogP contribution >= 0.6 is 11.6 Å². The molecule has 2 N–H and O–H groups in total. The maximum atomic E-state index is 13.7. The molecule has 0 bridgehead atoms. The lowest BCUT2D eigenvalue weighted by atomic mass is 10.2. The van der Waals surface area contributed by atoms with Crippen molar-refractivity contribution in [1.29, 1.82) is 0 Å². The Morgan fingerprint density at radius 1 is 1.21 bits per heavy atom. The second kappa shape index (κ2) is 7.97. The molecule has 0 aliphatic carbocycles. The van der Waals surface area contributed by atoms with E-state index in [0.717, 1.165) is 10.8 Å². The lowest BCUT2D eigenvalue weighted by Gasteiger charge is -2.16. The van der Waals surface area contributed by atoms with E-state index in [1.165, 1.54) is 36.5 Å². The van der Waals surface area contributed by atoms with Gasteiger partial charge in [0.1, 0.15) is 6.23 Å². The van der Waals surface area contributed by atoms with Crippen molar-refractivity contribution in [3.8, 4) is 11.4 Å². The normalized spacial score (nSPS) is 12.9. The van der Waals surface area contributed by atoms with Gasteiger partial charge in [-0.1, -0.05) is 18.5 Å². The first kappa shape index (κ1) is 21.0. The maximum Gasteiger partial charge on any atom is 0.433 e. The van der Waals surface area contributed by atoms with Crippen LogP contribution in [-0.2, 0) is 6.18 Å². The van der Waals surface area contributed by atoms with Gasteiger partial charge >= 0.3 is 6.18 Å². The molecule has 1 aromatic carbocycles. The molecule has 0 fully saturated rings. The van der Waals surface area contributed by atoms with Crippen LogP contribution in [0.2, 0.25) is 5.02 Å². The molecule has 11 heteroatoms. The van der Waals surface area contributed by atoms with Crippen LogP contribution in [-0.4, -0.2) is 26.0 Å². The van der Waals surface area contributed by atoms with Crippen LogP contribution in [0.3, 0.4) is 0 Å². The Labute approximate surface area is 167 Å². The minimum absolute atomic E-state index is 0.0403. The fraction of sp³-hybridized carbons (Fsp3) is 0.222. The molecule has 1 atom stereocenters. The van der Waals surface area contributed by atoms with Gasteiger partial charge in [0, 0.05) is 17.4 Å². The van der Waals surface area contributed by atoms with E-state index < -0.39 is 35.0 Å². The predicted molar refractivity (Wildman–Crippen MR) is 97.8 cm³/mol. The van der Waals surface area contributed by atoms with Crippen LogP contribution < -0.4 is 10.9 Å². The van der Waals surface area contributed by atoms with Crippen LogP contribution in [0.1, 0.15) is 24.4 Å². The average molecular weight is 431 g/mol. The summed E-state index contributed by atoms with van der Waals surface area (Å²) in [5.41, 5.74) is -2.27. The number of pyridine rings is 1. The molecule has 3 aromatic rings. The Morgan fingerprint density at radius 2 is 1.83 bits per heavy atom. The predicted octanol–water partition coefficient (Wildman–Crippen LogP) is 3.43. The Balaban J connectivity index is 2.05. The van der Waals surface area contributed by atoms with Gasteiger partial charge in [0.2, 0.25) is 5.82 Å². The first-order valence-corrected chi connectivity index (χ1v) is 8.77. The highest BCUT2D eigenvalue weighted by atomic mass is 35.5. The van der Waals surface area contributed by atoms with Crippen LogP contribution in [0, 0.1) is 5.82 Å². The molecule has 2 aromatic heterocycles. The van der Waals surface area contributed by atoms with E-state index in [0.29, 0.717) is 4.68 Å². The molecule has 2 heterocycles. The van der Waals surface area contributed by atoms with Crippen LogP contribution in [0.25, 0.3) is 11.4 Å². The largest absolute Gasteiger partial charge is 0.433 e. The molecule has 0 saturated heterocycles. The number of halogens is 5. The molecule has 3 rings (SSSR count). The summed E-state index contributed by atoms with van der Waals surface area (Å²) >= 11 is 5.56. The van der Waals surface area contributed by atoms with E-state index in [1.807, 2.05) is 0 Å². The summed E-state index contributed by atoms with van der Waals surface area (Å²) in [4.78, 5) is 12.0. The molecule has 1 unspecified atom stereocenters. The molecule has 0 aliphatic rings. The van der Waals surface area contributed by atoms with Crippen molar-refractivity contribution in [3.05, 3.63) is 75.2 Å². The highest BCUT2D eigenvalue weighted by Crippen LogP contribution is 2.35. The first-order valence-electron chi connectivity index (χ1n) is 8.39. The number of alkyl halides is 3. The van der Waals surface area contributed by atoms with Gasteiger partial charge < -0.3 is 5.11 Å². The number of aliphatic hydroxyl groups is 1. The number of hydrogen-bond acceptors (Lipinski definition) is 4. The van der Waals surface area contributed by atoms with Crippen molar-refractivity contribution in [1.82, 2.24) is 19.7 Å². The molecule has 29 heavy (non-hydrogen) atoms. The Morgan fingerprint density at radius 3 is 2.41 bits per heavy atom. The van der Waals surface area contributed by atoms with Gasteiger partial charge in [-0.25, -0.2) is 4.68 Å². The first-order chi connectivity index (χ1) is 13.6. The monoisotopic (exact) mass is 430 g/mol. The highest BCUT2D eigenvalue weighted by molar-refractivity contribution is 6.30. The molecule has 0 spiro atoms. The van der Waals surface area contributed by atoms with Gasteiger partial charge in [0.05, 0.1) is 16.9 Å². The minimum atomic E-state index is -4.78. The molecule has 0 aliphatic heterocycles. The fourth-order valence-corrected chi connectivity index (χ4v) is 2.93. The summed E-state index contributed by atoms with van der Waals surface area (Å²) in [7, 11) is 0. The quantitative estimate of drug-likeness (QED) is 0.480. The summed E-state index contributed by atoms with van der Waals surface area (Å²) in [5, 5.41) is 15.9. The van der Waals surface area contributed by atoms with Gasteiger partial charge in [-0.15, -0.1) is 0 Å². The molecular formula is C18H15ClF4N4O2. The van der Waals surface area contributed by atoms with Gasteiger partial charge in [-0.2, -0.15) is 22.7 Å². The lowest BCUT2D eigenvalue weighted by molar-refractivity contribution is -0.144. The summed E-state index contributed by atoms with van der Waals surface area (Å²) in [6.45, 7) is 1.89. The minimum Gasteiger partial charge on any atom is -0.374 e. The second-order valence-corrected chi connectivity index (χ2v) is 6.39. The highest BCUT2D eigenvalue weighted by Gasteiger charge is 2.40. The third-order valence-corrected chi connectivity index (χ3v) is 4.41. The summed E-state index contributed by atoms with van der Waals surface area (Å²) < 4.78 is 56.2. The molecular weight excluding hydrogens is 416 g/mol. The van der Waals surface area contributed by atoms with Gasteiger partial charge in [-0.3, -0.25) is 14.7 Å². The number of benzene rings is 1. The number of nitrogens with one attached hydrogen (secondary N) is 1. The Kier molecular flexibility index (Phi) is 5.78. The van der Waals surface area contributed by atoms with E-state index in [-0.39, 0.29) is 22.9 Å². The molecule has 154 valence electrons. The van der Waals surface area contributed by atoms with Crippen molar-refractivity contribution < 1.29 is 22.7 Å². The van der Waals surface area contributed by atoms with Crippen molar-refractivity contribution >= 4 is 11.6 Å². The maximum absolute atomic E-state index is 13.7. The van der Waals surface area contributed by atoms with Crippen molar-refractivity contribution in [2.75, 3.05) is 6.54 Å². The topological polar surface area (TPSA) is 72.1 Å². The third kappa shape index (κ3) is 4.04. The van der Waals surface area contributed by atoms with Crippen LogP contribution in [0.4, 0.5) is 17.6 Å². The van der Waals surface area contributed by atoms with Crippen molar-refractivity contribution in [2.45, 2.75) is 19.3 Å². The summed E-state index contributed by atoms with van der Waals surface area (Å²) in [5.74, 6) is -1.13. The number of hydrogen-bond donors (Lipinski definition) is 2. The lowest BCUT2D eigenvalue weighted by Crippen LogP contribution is -2.24. The third-order valence-electron chi connectivity index (χ3n) is 4.12. The Hall–Kier alpha value is -2.69. The van der Waals surface area contributed by atoms with E-state index >= 15 is 0 Å². The van der Waals surface area contributed by atoms with E-state index in [1.54, 1.807) is 6.92 Å². The SMILES string of the molecule is CCNC(O)c1cnn(-c2ccc(-n3ccc(Cl)c(F)c3=O)cc2)c1C(F)(F)F. The van der Waals surface area contributed by atoms with Crippen LogP contribution in [0.5, 0.6) is 0 Å². The summed E-state index contributed by atoms with van der Waals surface area (Å²) in [6.07, 6.45) is -4.14. The fourth-order valence-electron chi connectivity index (χ4n) is 2.79. The molecule has 0 radical (unpaired) electrons. The van der Waals surface area contributed by atoms with Gasteiger partial charge in [0.15, 0.2) is 5.69 Å². The molecule has 0 amide bonds. The molecule has 0 saturated carbocycles. The standard InChI is InChI=1S/C18H15ClF4N4O2/c1-2-24-16(28)12-9-25-27(15(12)18(21,22)23)11-5-3-10(4-6-11)26-8-7-13(19)14(20)17(26)29/h3-9,16,24,28H,2H2,1H3. The number of nitrogens with zero attached hydrogens (tertiary/aromatic N) is 3. The molecule has 6 nitrogen and oxygen atoms in total. The van der Waals surface area contributed by atoms with Gasteiger partial charge in [-0.05, 0) is 36.9 Å². The average Bonchev–Trinajstić information content (AvgIpc) is 3.12. The Bertz CT molecular complexity index is 1080. The second-order valence-electron chi connectivity index (χ2n) is 5.99. The zero-order valence-corrected chi connectivity index (χ0v) is 15.7.